The summed E-state index contributed by atoms with van der Waals surface area (Å²) < 4.78 is 28.8. The van der Waals surface area contributed by atoms with E-state index in [-0.39, 0.29) is 11.7 Å². The van der Waals surface area contributed by atoms with Crippen LogP contribution in [0.25, 0.3) is 0 Å². The number of cyclic esters (lactones) is 1. The number of ether oxygens (including phenoxy) is 1. The lowest BCUT2D eigenvalue weighted by atomic mass is 10.1. The van der Waals surface area contributed by atoms with Gasteiger partial charge in [0.05, 0.1) is 5.69 Å². The first-order valence-electron chi connectivity index (χ1n) is 4.60. The smallest absolute Gasteiger partial charge is 0.343 e. The summed E-state index contributed by atoms with van der Waals surface area (Å²) in [5.41, 5.74) is 0.496. The van der Waals surface area contributed by atoms with Gasteiger partial charge in [-0.05, 0) is 6.92 Å². The average Bonchev–Trinajstić information content (AvgIpc) is 2.43. The van der Waals surface area contributed by atoms with Crippen LogP contribution in [0.4, 0.5) is 0 Å². The number of fused-ring (bicyclic) bond motifs is 1. The molecule has 88 valence electrons. The summed E-state index contributed by atoms with van der Waals surface area (Å²) in [7, 11) is -2.44. The van der Waals surface area contributed by atoms with Crippen molar-refractivity contribution < 1.29 is 17.9 Å². The van der Waals surface area contributed by atoms with Gasteiger partial charge in [0.25, 0.3) is 10.0 Å². The third-order valence-electron chi connectivity index (χ3n) is 2.40. The van der Waals surface area contributed by atoms with E-state index in [0.717, 1.165) is 0 Å². The maximum Gasteiger partial charge on any atom is 0.343 e. The summed E-state index contributed by atoms with van der Waals surface area (Å²) in [4.78, 5) is 11.6. The molecule has 0 saturated heterocycles. The largest absolute Gasteiger partial charge is 0.459 e. The molecule has 1 unspecified atom stereocenters. The van der Waals surface area contributed by atoms with Crippen LogP contribution in [0.1, 0.15) is 23.0 Å². The molecule has 1 aromatic rings. The summed E-state index contributed by atoms with van der Waals surface area (Å²) in [6.07, 6.45) is 0.142. The topological polar surface area (TPSA) is 104 Å². The molecule has 0 amide bonds. The molecule has 0 spiro atoms. The molecule has 1 aliphatic rings. The van der Waals surface area contributed by atoms with Crippen LogP contribution in [0.15, 0.2) is 5.03 Å². The van der Waals surface area contributed by atoms with Gasteiger partial charge in [0.1, 0.15) is 11.7 Å². The zero-order valence-electron chi connectivity index (χ0n) is 8.80. The van der Waals surface area contributed by atoms with E-state index in [1.807, 2.05) is 0 Å². The first kappa shape index (κ1) is 11.1. The number of hydrogen-bond acceptors (Lipinski definition) is 5. The van der Waals surface area contributed by atoms with Crippen molar-refractivity contribution in [1.29, 1.82) is 0 Å². The summed E-state index contributed by atoms with van der Waals surface area (Å²) in [6, 6.07) is 0. The van der Waals surface area contributed by atoms with Crippen molar-refractivity contribution in [3.8, 4) is 0 Å². The molecule has 1 atom stereocenters. The molecule has 7 nitrogen and oxygen atoms in total. The summed E-state index contributed by atoms with van der Waals surface area (Å²) >= 11 is 0. The van der Waals surface area contributed by atoms with Gasteiger partial charge in [-0.15, -0.1) is 0 Å². The van der Waals surface area contributed by atoms with E-state index in [0.29, 0.717) is 12.1 Å². The maximum atomic E-state index is 11.6. The molecule has 0 radical (unpaired) electrons. The minimum absolute atomic E-state index is 0.0388. The second-order valence-electron chi connectivity index (χ2n) is 3.72. The molecule has 0 bridgehead atoms. The minimum atomic E-state index is -4.01. The van der Waals surface area contributed by atoms with Gasteiger partial charge < -0.3 is 4.74 Å². The van der Waals surface area contributed by atoms with Gasteiger partial charge in [-0.1, -0.05) is 0 Å². The molecule has 0 fully saturated rings. The maximum absolute atomic E-state index is 11.6. The van der Waals surface area contributed by atoms with E-state index in [1.165, 1.54) is 4.68 Å². The van der Waals surface area contributed by atoms with E-state index in [1.54, 1.807) is 14.0 Å². The molecule has 2 N–H and O–H groups in total. The Balaban J connectivity index is 2.70. The van der Waals surface area contributed by atoms with Gasteiger partial charge in [0.15, 0.2) is 0 Å². The summed E-state index contributed by atoms with van der Waals surface area (Å²) in [5, 5.41) is 8.32. The van der Waals surface area contributed by atoms with Gasteiger partial charge in [-0.3, -0.25) is 4.68 Å². The number of carbonyl (C=O) groups is 1. The fraction of sp³-hybridized carbons (Fsp3) is 0.500. The highest BCUT2D eigenvalue weighted by Gasteiger charge is 2.34. The number of sulfonamides is 1. The number of nitrogens with two attached hydrogens (primary N) is 1. The molecular weight excluding hydrogens is 234 g/mol. The number of nitrogens with zero attached hydrogens (tertiary/aromatic N) is 2. The number of carbonyl (C=O) groups excluding carboxylic acids is 1. The predicted octanol–water partition coefficient (Wildman–Crippen LogP) is -0.831. The SMILES string of the molecule is CC1Cc2c(c(S(N)(=O)=O)nn2C)C(=O)O1. The number of rotatable bonds is 1. The Bertz CT molecular complexity index is 560. The van der Waals surface area contributed by atoms with Gasteiger partial charge in [0.2, 0.25) is 5.03 Å². The van der Waals surface area contributed by atoms with Gasteiger partial charge in [-0.25, -0.2) is 18.4 Å². The Labute approximate surface area is 92.2 Å². The van der Waals surface area contributed by atoms with Crippen molar-refractivity contribution in [3.05, 3.63) is 11.3 Å². The van der Waals surface area contributed by atoms with Crippen LogP contribution in [-0.2, 0) is 28.2 Å². The van der Waals surface area contributed by atoms with Crippen LogP contribution in [-0.4, -0.2) is 30.3 Å². The lowest BCUT2D eigenvalue weighted by molar-refractivity contribution is 0.0291. The summed E-state index contributed by atoms with van der Waals surface area (Å²) in [5.74, 6) is -0.689. The van der Waals surface area contributed by atoms with Crippen molar-refractivity contribution in [2.75, 3.05) is 0 Å². The number of primary sulfonamides is 1. The quantitative estimate of drug-likeness (QED) is 0.650. The highest BCUT2D eigenvalue weighted by molar-refractivity contribution is 7.89. The van der Waals surface area contributed by atoms with Crippen molar-refractivity contribution in [3.63, 3.8) is 0 Å². The van der Waals surface area contributed by atoms with Gasteiger partial charge in [-0.2, -0.15) is 5.10 Å². The van der Waals surface area contributed by atoms with Crippen LogP contribution in [0.5, 0.6) is 0 Å². The molecule has 8 heteroatoms. The van der Waals surface area contributed by atoms with Crippen LogP contribution >= 0.6 is 0 Å². The molecule has 2 heterocycles. The third-order valence-corrected chi connectivity index (χ3v) is 3.22. The zero-order chi connectivity index (χ0) is 12.1. The monoisotopic (exact) mass is 245 g/mol. The second-order valence-corrected chi connectivity index (χ2v) is 5.19. The summed E-state index contributed by atoms with van der Waals surface area (Å²) in [6.45, 7) is 1.73. The molecule has 16 heavy (non-hydrogen) atoms. The molecular formula is C8H11N3O4S. The van der Waals surface area contributed by atoms with Crippen molar-refractivity contribution >= 4 is 16.0 Å². The van der Waals surface area contributed by atoms with Crippen molar-refractivity contribution in [2.45, 2.75) is 24.5 Å². The fourth-order valence-corrected chi connectivity index (χ4v) is 2.45. The Morgan fingerprint density at radius 3 is 2.75 bits per heavy atom. The van der Waals surface area contributed by atoms with E-state index >= 15 is 0 Å². The average molecular weight is 245 g/mol. The highest BCUT2D eigenvalue weighted by atomic mass is 32.2. The lowest BCUT2D eigenvalue weighted by Crippen LogP contribution is -2.27. The third kappa shape index (κ3) is 1.59. The van der Waals surface area contributed by atoms with Gasteiger partial charge in [0, 0.05) is 13.5 Å². The van der Waals surface area contributed by atoms with Crippen LogP contribution < -0.4 is 5.14 Å². The second kappa shape index (κ2) is 3.29. The van der Waals surface area contributed by atoms with Crippen LogP contribution in [0, 0.1) is 0 Å². The van der Waals surface area contributed by atoms with Crippen LogP contribution in [0.3, 0.4) is 0 Å². The predicted molar refractivity (Wildman–Crippen MR) is 53.2 cm³/mol. The highest BCUT2D eigenvalue weighted by Crippen LogP contribution is 2.25. The first-order valence-corrected chi connectivity index (χ1v) is 6.15. The molecule has 0 aliphatic carbocycles. The Kier molecular flexibility index (Phi) is 2.28. The molecule has 1 aliphatic heterocycles. The van der Waals surface area contributed by atoms with E-state index in [9.17, 15) is 13.2 Å². The number of hydrogen-bond donors (Lipinski definition) is 1. The molecule has 0 saturated carbocycles. The van der Waals surface area contributed by atoms with Crippen LogP contribution in [0.2, 0.25) is 0 Å². The Morgan fingerprint density at radius 1 is 1.56 bits per heavy atom. The fourth-order valence-electron chi connectivity index (χ4n) is 1.73. The number of esters is 1. The lowest BCUT2D eigenvalue weighted by Gasteiger charge is -2.19. The van der Waals surface area contributed by atoms with E-state index in [4.69, 9.17) is 9.88 Å². The molecule has 1 aromatic heterocycles. The molecule has 0 aromatic carbocycles. The van der Waals surface area contributed by atoms with Crippen molar-refractivity contribution in [1.82, 2.24) is 9.78 Å². The van der Waals surface area contributed by atoms with Crippen molar-refractivity contribution in [2.24, 2.45) is 12.2 Å². The minimum Gasteiger partial charge on any atom is -0.459 e. The normalized spacial score (nSPS) is 20.4. The number of aryl methyl sites for hydroxylation is 1. The standard InChI is InChI=1S/C8H11N3O4S/c1-4-3-5-6(8(12)15-4)7(10-11(5)2)16(9,13)14/h4H,3H2,1-2H3,(H2,9,13,14). The Morgan fingerprint density at radius 2 is 2.19 bits per heavy atom. The zero-order valence-corrected chi connectivity index (χ0v) is 9.61. The first-order chi connectivity index (χ1) is 7.30. The van der Waals surface area contributed by atoms with E-state index < -0.39 is 21.0 Å². The Hall–Kier alpha value is -1.41. The molecule has 2 rings (SSSR count). The van der Waals surface area contributed by atoms with Gasteiger partial charge >= 0.3 is 5.97 Å². The van der Waals surface area contributed by atoms with E-state index in [2.05, 4.69) is 5.10 Å². The number of aromatic nitrogens is 2.